The Labute approximate surface area is 135 Å². The molecule has 122 valence electrons. The van der Waals surface area contributed by atoms with Gasteiger partial charge in [-0.25, -0.2) is 0 Å². The zero-order valence-electron chi connectivity index (χ0n) is 14.4. The Morgan fingerprint density at radius 3 is 2.50 bits per heavy atom. The molecule has 1 unspecified atom stereocenters. The maximum Gasteiger partial charge on any atom is 0.193 e. The quantitative estimate of drug-likeness (QED) is 0.347. The molecule has 22 heavy (non-hydrogen) atoms. The lowest BCUT2D eigenvalue weighted by Gasteiger charge is -2.28. The third-order valence-corrected chi connectivity index (χ3v) is 3.74. The van der Waals surface area contributed by atoms with Gasteiger partial charge in [0.25, 0.3) is 0 Å². The van der Waals surface area contributed by atoms with E-state index in [0.717, 1.165) is 31.9 Å². The average Bonchev–Trinajstić information content (AvgIpc) is 2.52. The lowest BCUT2D eigenvalue weighted by Crippen LogP contribution is -2.43. The first-order chi connectivity index (χ1) is 10.6. The minimum Gasteiger partial charge on any atom is -0.354 e. The summed E-state index contributed by atoms with van der Waals surface area (Å²) in [4.78, 5) is 8.78. The molecular formula is C18H30N4. The lowest BCUT2D eigenvalue weighted by molar-refractivity contribution is 0.295. The standard InChI is InChI=1S/C18H30N4/c1-6-7-11-14-22(5)18(19-2)20-15-17(21(3)4)16-12-9-8-10-13-16/h6,8-10,12-13,17H,1,7,11,14-15H2,2-5H3,(H,19,20). The van der Waals surface area contributed by atoms with Crippen molar-refractivity contribution in [2.45, 2.75) is 18.9 Å². The van der Waals surface area contributed by atoms with Gasteiger partial charge in [-0.1, -0.05) is 36.4 Å². The predicted molar refractivity (Wildman–Crippen MR) is 96.3 cm³/mol. The molecule has 0 amide bonds. The van der Waals surface area contributed by atoms with Crippen LogP contribution in [-0.2, 0) is 0 Å². The molecule has 0 radical (unpaired) electrons. The van der Waals surface area contributed by atoms with Crippen LogP contribution in [0.1, 0.15) is 24.4 Å². The van der Waals surface area contributed by atoms with E-state index in [1.54, 1.807) is 0 Å². The zero-order chi connectivity index (χ0) is 16.4. The molecule has 1 N–H and O–H groups in total. The van der Waals surface area contributed by atoms with Crippen molar-refractivity contribution in [3.63, 3.8) is 0 Å². The normalized spacial score (nSPS) is 13.0. The average molecular weight is 302 g/mol. The number of unbranched alkanes of at least 4 members (excludes halogenated alkanes) is 1. The number of allylic oxidation sites excluding steroid dienone is 1. The Hall–Kier alpha value is -1.81. The van der Waals surface area contributed by atoms with Gasteiger partial charge in [0, 0.05) is 27.2 Å². The molecule has 0 aliphatic carbocycles. The molecule has 1 rings (SSSR count). The fourth-order valence-electron chi connectivity index (χ4n) is 2.43. The molecule has 4 nitrogen and oxygen atoms in total. The van der Waals surface area contributed by atoms with E-state index in [2.05, 4.69) is 78.2 Å². The summed E-state index contributed by atoms with van der Waals surface area (Å²) in [6.07, 6.45) is 4.09. The molecule has 1 atom stereocenters. The van der Waals surface area contributed by atoms with Gasteiger partial charge in [0.1, 0.15) is 0 Å². The van der Waals surface area contributed by atoms with Gasteiger partial charge in [0.2, 0.25) is 0 Å². The van der Waals surface area contributed by atoms with Crippen LogP contribution in [0.3, 0.4) is 0 Å². The van der Waals surface area contributed by atoms with Gasteiger partial charge in [-0.3, -0.25) is 4.99 Å². The van der Waals surface area contributed by atoms with Gasteiger partial charge in [0.05, 0.1) is 6.04 Å². The highest BCUT2D eigenvalue weighted by Gasteiger charge is 2.15. The number of rotatable bonds is 8. The third-order valence-electron chi connectivity index (χ3n) is 3.74. The van der Waals surface area contributed by atoms with Crippen molar-refractivity contribution in [2.24, 2.45) is 4.99 Å². The zero-order valence-corrected chi connectivity index (χ0v) is 14.4. The van der Waals surface area contributed by atoms with Crippen LogP contribution in [0.2, 0.25) is 0 Å². The fraction of sp³-hybridized carbons (Fsp3) is 0.500. The largest absolute Gasteiger partial charge is 0.354 e. The van der Waals surface area contributed by atoms with Gasteiger partial charge in [-0.2, -0.15) is 0 Å². The summed E-state index contributed by atoms with van der Waals surface area (Å²) in [5.41, 5.74) is 1.31. The molecule has 4 heteroatoms. The third kappa shape index (κ3) is 5.90. The van der Waals surface area contributed by atoms with E-state index in [1.165, 1.54) is 5.56 Å². The first-order valence-corrected chi connectivity index (χ1v) is 7.84. The van der Waals surface area contributed by atoms with Crippen LogP contribution in [0.5, 0.6) is 0 Å². The van der Waals surface area contributed by atoms with Crippen molar-refractivity contribution in [1.29, 1.82) is 0 Å². The van der Waals surface area contributed by atoms with E-state index < -0.39 is 0 Å². The fourth-order valence-corrected chi connectivity index (χ4v) is 2.43. The maximum absolute atomic E-state index is 4.38. The number of nitrogens with one attached hydrogen (secondary N) is 1. The van der Waals surface area contributed by atoms with Crippen LogP contribution in [0.4, 0.5) is 0 Å². The SMILES string of the molecule is C=CCCCN(C)C(=NC)NCC(c1ccccc1)N(C)C. The van der Waals surface area contributed by atoms with Crippen molar-refractivity contribution in [1.82, 2.24) is 15.1 Å². The Morgan fingerprint density at radius 1 is 1.27 bits per heavy atom. The maximum atomic E-state index is 4.38. The number of guanidine groups is 1. The summed E-state index contributed by atoms with van der Waals surface area (Å²) in [7, 11) is 8.12. The summed E-state index contributed by atoms with van der Waals surface area (Å²) in [5.74, 6) is 0.937. The highest BCUT2D eigenvalue weighted by Crippen LogP contribution is 2.16. The van der Waals surface area contributed by atoms with E-state index >= 15 is 0 Å². The summed E-state index contributed by atoms with van der Waals surface area (Å²) in [6.45, 7) is 5.57. The Morgan fingerprint density at radius 2 is 1.95 bits per heavy atom. The van der Waals surface area contributed by atoms with E-state index in [0.29, 0.717) is 6.04 Å². The summed E-state index contributed by atoms with van der Waals surface area (Å²) in [6, 6.07) is 10.9. The van der Waals surface area contributed by atoms with Gasteiger partial charge < -0.3 is 15.1 Å². The number of nitrogens with zero attached hydrogens (tertiary/aromatic N) is 3. The number of likely N-dealkylation sites (N-methyl/N-ethyl adjacent to an activating group) is 1. The summed E-state index contributed by atoms with van der Waals surface area (Å²) < 4.78 is 0. The second kappa shape index (κ2) is 10.0. The Kier molecular flexibility index (Phi) is 8.30. The number of hydrogen-bond acceptors (Lipinski definition) is 2. The van der Waals surface area contributed by atoms with Crippen molar-refractivity contribution in [2.75, 3.05) is 41.3 Å². The number of benzene rings is 1. The van der Waals surface area contributed by atoms with Crippen molar-refractivity contribution in [3.05, 3.63) is 48.6 Å². The van der Waals surface area contributed by atoms with Crippen LogP contribution >= 0.6 is 0 Å². The molecule has 0 bridgehead atoms. The molecule has 0 aliphatic heterocycles. The number of aliphatic imine (C=N–C) groups is 1. The van der Waals surface area contributed by atoms with E-state index in [4.69, 9.17) is 0 Å². The molecule has 0 saturated heterocycles. The Bertz CT molecular complexity index is 453. The summed E-state index contributed by atoms with van der Waals surface area (Å²) >= 11 is 0. The van der Waals surface area contributed by atoms with E-state index in [9.17, 15) is 0 Å². The molecular weight excluding hydrogens is 272 g/mol. The molecule has 0 heterocycles. The monoisotopic (exact) mass is 302 g/mol. The molecule has 0 saturated carbocycles. The highest BCUT2D eigenvalue weighted by molar-refractivity contribution is 5.79. The van der Waals surface area contributed by atoms with Crippen LogP contribution < -0.4 is 5.32 Å². The molecule has 0 spiro atoms. The van der Waals surface area contributed by atoms with Gasteiger partial charge in [0.15, 0.2) is 5.96 Å². The minimum absolute atomic E-state index is 0.319. The van der Waals surface area contributed by atoms with Crippen LogP contribution in [0.25, 0.3) is 0 Å². The smallest absolute Gasteiger partial charge is 0.193 e. The number of hydrogen-bond donors (Lipinski definition) is 1. The summed E-state index contributed by atoms with van der Waals surface area (Å²) in [5, 5.41) is 3.48. The molecule has 0 fully saturated rings. The topological polar surface area (TPSA) is 30.9 Å². The van der Waals surface area contributed by atoms with Gasteiger partial charge in [-0.15, -0.1) is 6.58 Å². The van der Waals surface area contributed by atoms with Crippen molar-refractivity contribution >= 4 is 5.96 Å². The minimum atomic E-state index is 0.319. The van der Waals surface area contributed by atoms with Crippen molar-refractivity contribution < 1.29 is 0 Å². The predicted octanol–water partition coefficient (Wildman–Crippen LogP) is 2.76. The van der Waals surface area contributed by atoms with Crippen LogP contribution in [0.15, 0.2) is 48.0 Å². The Balaban J connectivity index is 2.61. The van der Waals surface area contributed by atoms with E-state index in [-0.39, 0.29) is 0 Å². The first-order valence-electron chi connectivity index (χ1n) is 7.84. The molecule has 1 aromatic carbocycles. The van der Waals surface area contributed by atoms with Crippen LogP contribution in [0, 0.1) is 0 Å². The van der Waals surface area contributed by atoms with Gasteiger partial charge >= 0.3 is 0 Å². The second-order valence-corrected chi connectivity index (χ2v) is 5.67. The van der Waals surface area contributed by atoms with Crippen LogP contribution in [-0.4, -0.2) is 57.0 Å². The highest BCUT2D eigenvalue weighted by atomic mass is 15.3. The van der Waals surface area contributed by atoms with Gasteiger partial charge in [-0.05, 0) is 32.5 Å². The lowest BCUT2D eigenvalue weighted by atomic mass is 10.1. The second-order valence-electron chi connectivity index (χ2n) is 5.67. The molecule has 0 aromatic heterocycles. The molecule has 0 aliphatic rings. The first kappa shape index (κ1) is 18.2. The van der Waals surface area contributed by atoms with Crippen molar-refractivity contribution in [3.8, 4) is 0 Å². The van der Waals surface area contributed by atoms with E-state index in [1.807, 2.05) is 13.1 Å². The molecule has 1 aromatic rings.